The van der Waals surface area contributed by atoms with Crippen molar-refractivity contribution in [2.45, 2.75) is 25.9 Å². The molecule has 84 valence electrons. The van der Waals surface area contributed by atoms with Crippen molar-refractivity contribution in [3.8, 4) is 0 Å². The van der Waals surface area contributed by atoms with E-state index in [1.54, 1.807) is 11.3 Å². The molecule has 0 fully saturated rings. The minimum absolute atomic E-state index is 0.302. The molecule has 1 heterocycles. The van der Waals surface area contributed by atoms with Gasteiger partial charge in [-0.25, -0.2) is 0 Å². The molecule has 1 rings (SSSR count). The molecule has 0 aliphatic carbocycles. The van der Waals surface area contributed by atoms with Gasteiger partial charge in [0.05, 0.1) is 0 Å². The van der Waals surface area contributed by atoms with Gasteiger partial charge in [-0.3, -0.25) is 4.79 Å². The van der Waals surface area contributed by atoms with Crippen LogP contribution in [0.4, 0.5) is 0 Å². The van der Waals surface area contributed by atoms with Crippen molar-refractivity contribution in [2.75, 3.05) is 6.54 Å². The second-order valence-corrected chi connectivity index (χ2v) is 4.30. The Morgan fingerprint density at radius 2 is 2.47 bits per heavy atom. The first-order valence-corrected chi connectivity index (χ1v) is 5.77. The Balaban J connectivity index is 2.34. The first kappa shape index (κ1) is 12.2. The molecule has 0 saturated heterocycles. The van der Waals surface area contributed by atoms with Crippen LogP contribution in [0.1, 0.15) is 17.4 Å². The predicted molar refractivity (Wildman–Crippen MR) is 61.0 cm³/mol. The van der Waals surface area contributed by atoms with E-state index in [0.29, 0.717) is 13.1 Å². The standard InChI is InChI=1S/C10H16N2O2S/c1-2-7-3-4-15-9(7)6-12-5-8(11)10(13)14/h3-4,8,12H,2,5-6,11H2,1H3,(H,13,14). The van der Waals surface area contributed by atoms with E-state index in [1.807, 2.05) is 5.38 Å². The number of carbonyl (C=O) groups is 1. The molecule has 0 aliphatic rings. The van der Waals surface area contributed by atoms with Crippen LogP contribution in [0.5, 0.6) is 0 Å². The van der Waals surface area contributed by atoms with Crippen LogP contribution in [-0.2, 0) is 17.8 Å². The van der Waals surface area contributed by atoms with E-state index < -0.39 is 12.0 Å². The van der Waals surface area contributed by atoms with Crippen molar-refractivity contribution in [2.24, 2.45) is 5.73 Å². The van der Waals surface area contributed by atoms with Crippen LogP contribution < -0.4 is 11.1 Å². The molecule has 1 aromatic rings. The Bertz CT molecular complexity index is 325. The van der Waals surface area contributed by atoms with E-state index in [9.17, 15) is 4.79 Å². The third-order valence-electron chi connectivity index (χ3n) is 2.19. The maximum Gasteiger partial charge on any atom is 0.321 e. The molecule has 0 saturated carbocycles. The van der Waals surface area contributed by atoms with Crippen molar-refractivity contribution < 1.29 is 9.90 Å². The summed E-state index contributed by atoms with van der Waals surface area (Å²) in [6, 6.07) is 1.27. The molecule has 1 aromatic heterocycles. The number of hydrogen-bond acceptors (Lipinski definition) is 4. The van der Waals surface area contributed by atoms with Crippen molar-refractivity contribution in [3.63, 3.8) is 0 Å². The highest BCUT2D eigenvalue weighted by Gasteiger charge is 2.10. The van der Waals surface area contributed by atoms with Crippen LogP contribution in [0.15, 0.2) is 11.4 Å². The summed E-state index contributed by atoms with van der Waals surface area (Å²) in [4.78, 5) is 11.7. The van der Waals surface area contributed by atoms with Gasteiger partial charge in [0.15, 0.2) is 0 Å². The fourth-order valence-corrected chi connectivity index (χ4v) is 2.21. The maximum absolute atomic E-state index is 10.5. The zero-order valence-corrected chi connectivity index (χ0v) is 9.51. The Morgan fingerprint density at radius 1 is 1.73 bits per heavy atom. The summed E-state index contributed by atoms with van der Waals surface area (Å²) in [5, 5.41) is 13.7. The summed E-state index contributed by atoms with van der Waals surface area (Å²) in [6.45, 7) is 3.10. The van der Waals surface area contributed by atoms with Crippen LogP contribution >= 0.6 is 11.3 Å². The van der Waals surface area contributed by atoms with Gasteiger partial charge in [0.25, 0.3) is 0 Å². The lowest BCUT2D eigenvalue weighted by Crippen LogP contribution is -2.40. The lowest BCUT2D eigenvalue weighted by Gasteiger charge is -2.08. The van der Waals surface area contributed by atoms with E-state index in [0.717, 1.165) is 6.42 Å². The van der Waals surface area contributed by atoms with E-state index in [-0.39, 0.29) is 0 Å². The molecule has 5 heteroatoms. The SMILES string of the molecule is CCc1ccsc1CNCC(N)C(=O)O. The number of hydrogen-bond donors (Lipinski definition) is 3. The van der Waals surface area contributed by atoms with E-state index in [1.165, 1.54) is 10.4 Å². The topological polar surface area (TPSA) is 75.3 Å². The quantitative estimate of drug-likeness (QED) is 0.673. The lowest BCUT2D eigenvalue weighted by atomic mass is 10.2. The normalized spacial score (nSPS) is 12.7. The number of rotatable bonds is 6. The number of carboxylic acid groups (broad SMARTS) is 1. The van der Waals surface area contributed by atoms with Gasteiger partial charge in [-0.05, 0) is 23.4 Å². The molecule has 0 bridgehead atoms. The molecule has 0 aliphatic heterocycles. The minimum atomic E-state index is -0.968. The van der Waals surface area contributed by atoms with Crippen LogP contribution in [0.3, 0.4) is 0 Å². The van der Waals surface area contributed by atoms with Crippen LogP contribution in [-0.4, -0.2) is 23.7 Å². The molecular weight excluding hydrogens is 212 g/mol. The van der Waals surface area contributed by atoms with Gasteiger partial charge in [-0.15, -0.1) is 11.3 Å². The van der Waals surface area contributed by atoms with Gasteiger partial charge in [-0.1, -0.05) is 6.92 Å². The summed E-state index contributed by atoms with van der Waals surface area (Å²) < 4.78 is 0. The highest BCUT2D eigenvalue weighted by molar-refractivity contribution is 7.10. The van der Waals surface area contributed by atoms with E-state index in [2.05, 4.69) is 18.3 Å². The molecule has 1 atom stereocenters. The van der Waals surface area contributed by atoms with Crippen LogP contribution in [0, 0.1) is 0 Å². The molecule has 1 unspecified atom stereocenters. The second kappa shape index (κ2) is 5.85. The Labute approximate surface area is 93.1 Å². The molecule has 0 aromatic carbocycles. The Morgan fingerprint density at radius 3 is 3.07 bits per heavy atom. The summed E-state index contributed by atoms with van der Waals surface area (Å²) in [7, 11) is 0. The van der Waals surface area contributed by atoms with Gasteiger partial charge >= 0.3 is 5.97 Å². The molecule has 0 amide bonds. The fraction of sp³-hybridized carbons (Fsp3) is 0.500. The van der Waals surface area contributed by atoms with E-state index in [4.69, 9.17) is 10.8 Å². The minimum Gasteiger partial charge on any atom is -0.480 e. The highest BCUT2D eigenvalue weighted by Crippen LogP contribution is 2.16. The smallest absolute Gasteiger partial charge is 0.321 e. The molecule has 0 spiro atoms. The number of thiophene rings is 1. The van der Waals surface area contributed by atoms with Gasteiger partial charge in [0.2, 0.25) is 0 Å². The Kier molecular flexibility index (Phi) is 4.74. The number of aryl methyl sites for hydroxylation is 1. The average Bonchev–Trinajstić information content (AvgIpc) is 2.65. The van der Waals surface area contributed by atoms with Crippen molar-refractivity contribution in [3.05, 3.63) is 21.9 Å². The third kappa shape index (κ3) is 3.62. The summed E-state index contributed by atoms with van der Waals surface area (Å²) in [5.74, 6) is -0.968. The average molecular weight is 228 g/mol. The van der Waals surface area contributed by atoms with Crippen LogP contribution in [0.2, 0.25) is 0 Å². The highest BCUT2D eigenvalue weighted by atomic mass is 32.1. The monoisotopic (exact) mass is 228 g/mol. The molecule has 4 N–H and O–H groups in total. The van der Waals surface area contributed by atoms with Gasteiger partial charge < -0.3 is 16.2 Å². The van der Waals surface area contributed by atoms with Crippen LogP contribution in [0.25, 0.3) is 0 Å². The largest absolute Gasteiger partial charge is 0.480 e. The first-order chi connectivity index (χ1) is 7.15. The number of nitrogens with two attached hydrogens (primary N) is 1. The summed E-state index contributed by atoms with van der Waals surface area (Å²) in [5.41, 5.74) is 6.68. The number of aliphatic carboxylic acids is 1. The summed E-state index contributed by atoms with van der Waals surface area (Å²) >= 11 is 1.68. The lowest BCUT2D eigenvalue weighted by molar-refractivity contribution is -0.138. The van der Waals surface area contributed by atoms with Crippen molar-refractivity contribution in [1.82, 2.24) is 5.32 Å². The third-order valence-corrected chi connectivity index (χ3v) is 3.15. The fourth-order valence-electron chi connectivity index (χ4n) is 1.27. The second-order valence-electron chi connectivity index (χ2n) is 3.30. The van der Waals surface area contributed by atoms with E-state index >= 15 is 0 Å². The zero-order chi connectivity index (χ0) is 11.3. The number of nitrogens with one attached hydrogen (secondary N) is 1. The molecular formula is C10H16N2O2S. The molecule has 4 nitrogen and oxygen atoms in total. The predicted octanol–water partition coefficient (Wildman–Crippen LogP) is 0.812. The van der Waals surface area contributed by atoms with Crippen molar-refractivity contribution >= 4 is 17.3 Å². The summed E-state index contributed by atoms with van der Waals surface area (Å²) in [6.07, 6.45) is 1.01. The van der Waals surface area contributed by atoms with Crippen molar-refractivity contribution in [1.29, 1.82) is 0 Å². The van der Waals surface area contributed by atoms with Gasteiger partial charge in [0.1, 0.15) is 6.04 Å². The van der Waals surface area contributed by atoms with Gasteiger partial charge in [0, 0.05) is 18.0 Å². The molecule has 0 radical (unpaired) electrons. The zero-order valence-electron chi connectivity index (χ0n) is 8.69. The first-order valence-electron chi connectivity index (χ1n) is 4.89. The number of carboxylic acids is 1. The molecule has 15 heavy (non-hydrogen) atoms. The Hall–Kier alpha value is -0.910. The maximum atomic E-state index is 10.5. The van der Waals surface area contributed by atoms with Gasteiger partial charge in [-0.2, -0.15) is 0 Å².